The first kappa shape index (κ1) is 12.8. The Bertz CT molecular complexity index is 256. The van der Waals surface area contributed by atoms with E-state index in [1.807, 2.05) is 13.8 Å². The van der Waals surface area contributed by atoms with Crippen molar-refractivity contribution in [2.24, 2.45) is 11.1 Å². The maximum absolute atomic E-state index is 10.7. The minimum Gasteiger partial charge on any atom is -0.323 e. The largest absolute Gasteiger partial charge is 0.433 e. The third-order valence-corrected chi connectivity index (χ3v) is 2.03. The smallest absolute Gasteiger partial charge is 0.323 e. The first-order valence-corrected chi connectivity index (χ1v) is 5.13. The number of carbonyl (C=O) groups is 1. The monoisotopic (exact) mass is 214 g/mol. The number of terminal acetylenes is 1. The van der Waals surface area contributed by atoms with Gasteiger partial charge in [0.2, 0.25) is 0 Å². The Kier molecular flexibility index (Phi) is 6.68. The van der Waals surface area contributed by atoms with Crippen LogP contribution in [0.1, 0.15) is 13.8 Å². The average Bonchev–Trinajstić information content (AvgIpc) is 2.16. The molecule has 0 aromatic rings. The molecule has 0 aliphatic rings. The fourth-order valence-electron chi connectivity index (χ4n) is 0.560. The summed E-state index contributed by atoms with van der Waals surface area (Å²) in [5, 5.41) is 8.45. The summed E-state index contributed by atoms with van der Waals surface area (Å²) in [7, 11) is 1.48. The number of hydrogen-bond donors (Lipinski definition) is 1. The Morgan fingerprint density at radius 3 is 2.79 bits per heavy atom. The second kappa shape index (κ2) is 7.27. The standard InChI is InChI=1S/C9H14N2O2S/c1-5-14-6-8(7(2)3)11-13-9(12)10-4/h1,7H,6H2,2-4H3,(H,10,12). The topological polar surface area (TPSA) is 50.7 Å². The molecule has 5 heteroatoms. The van der Waals surface area contributed by atoms with Crippen molar-refractivity contribution in [1.82, 2.24) is 5.32 Å². The van der Waals surface area contributed by atoms with Gasteiger partial charge in [-0.25, -0.2) is 4.79 Å². The predicted molar refractivity (Wildman–Crippen MR) is 59.1 cm³/mol. The van der Waals surface area contributed by atoms with E-state index in [2.05, 4.69) is 20.6 Å². The van der Waals surface area contributed by atoms with Crippen molar-refractivity contribution in [3.05, 3.63) is 0 Å². The fraction of sp³-hybridized carbons (Fsp3) is 0.556. The van der Waals surface area contributed by atoms with Crippen LogP contribution in [0.15, 0.2) is 5.16 Å². The molecule has 0 atom stereocenters. The number of rotatable bonds is 4. The minimum absolute atomic E-state index is 0.209. The molecule has 0 saturated heterocycles. The molecule has 0 aliphatic heterocycles. The van der Waals surface area contributed by atoms with Gasteiger partial charge < -0.3 is 5.32 Å². The zero-order valence-electron chi connectivity index (χ0n) is 8.53. The average molecular weight is 214 g/mol. The number of oxime groups is 1. The molecule has 14 heavy (non-hydrogen) atoms. The summed E-state index contributed by atoms with van der Waals surface area (Å²) in [5.74, 6) is 0.783. The van der Waals surface area contributed by atoms with Crippen LogP contribution in [-0.4, -0.2) is 24.6 Å². The van der Waals surface area contributed by atoms with Gasteiger partial charge in [-0.1, -0.05) is 30.8 Å². The number of amides is 1. The second-order valence-corrected chi connectivity index (χ2v) is 3.59. The lowest BCUT2D eigenvalue weighted by molar-refractivity contribution is 0.152. The molecule has 0 saturated carbocycles. The van der Waals surface area contributed by atoms with Crippen LogP contribution in [0.4, 0.5) is 4.79 Å². The zero-order valence-corrected chi connectivity index (χ0v) is 9.35. The molecule has 0 aromatic carbocycles. The molecule has 0 aromatic heterocycles. The van der Waals surface area contributed by atoms with Crippen molar-refractivity contribution in [3.8, 4) is 11.7 Å². The lowest BCUT2D eigenvalue weighted by Gasteiger charge is -2.06. The van der Waals surface area contributed by atoms with E-state index in [0.29, 0.717) is 5.75 Å². The normalized spacial score (nSPS) is 10.9. The van der Waals surface area contributed by atoms with Crippen molar-refractivity contribution >= 4 is 23.6 Å². The number of nitrogens with zero attached hydrogens (tertiary/aromatic N) is 1. The van der Waals surface area contributed by atoms with Crippen LogP contribution >= 0.6 is 11.8 Å². The van der Waals surface area contributed by atoms with Crippen LogP contribution in [-0.2, 0) is 4.84 Å². The van der Waals surface area contributed by atoms with E-state index in [-0.39, 0.29) is 5.92 Å². The van der Waals surface area contributed by atoms with Crippen LogP contribution in [0, 0.1) is 17.6 Å². The molecule has 0 rings (SSSR count). The summed E-state index contributed by atoms with van der Waals surface area (Å²) >= 11 is 1.29. The van der Waals surface area contributed by atoms with E-state index in [1.54, 1.807) is 0 Å². The highest BCUT2D eigenvalue weighted by atomic mass is 32.2. The summed E-state index contributed by atoms with van der Waals surface area (Å²) in [6.07, 6.45) is 4.52. The van der Waals surface area contributed by atoms with Gasteiger partial charge in [0.15, 0.2) is 0 Å². The van der Waals surface area contributed by atoms with Gasteiger partial charge in [0.05, 0.1) is 5.71 Å². The SMILES string of the molecule is C#CSCC(=NOC(=O)NC)C(C)C. The first-order chi connectivity index (χ1) is 6.61. The van der Waals surface area contributed by atoms with Crippen molar-refractivity contribution in [2.45, 2.75) is 13.8 Å². The zero-order chi connectivity index (χ0) is 11.0. The van der Waals surface area contributed by atoms with Crippen molar-refractivity contribution < 1.29 is 9.63 Å². The van der Waals surface area contributed by atoms with E-state index in [4.69, 9.17) is 6.42 Å². The molecule has 0 unspecified atom stereocenters. The Morgan fingerprint density at radius 2 is 2.36 bits per heavy atom. The molecule has 0 aliphatic carbocycles. The number of carbonyl (C=O) groups excluding carboxylic acids is 1. The Labute approximate surface area is 88.5 Å². The van der Waals surface area contributed by atoms with Gasteiger partial charge in [-0.2, -0.15) is 0 Å². The number of hydrogen-bond acceptors (Lipinski definition) is 4. The van der Waals surface area contributed by atoms with Gasteiger partial charge in [0.25, 0.3) is 0 Å². The van der Waals surface area contributed by atoms with Crippen LogP contribution in [0.25, 0.3) is 0 Å². The summed E-state index contributed by atoms with van der Waals surface area (Å²) in [5.41, 5.74) is 0.761. The molecular weight excluding hydrogens is 200 g/mol. The molecule has 0 bridgehead atoms. The van der Waals surface area contributed by atoms with Crippen LogP contribution < -0.4 is 5.32 Å². The van der Waals surface area contributed by atoms with Crippen LogP contribution in [0.3, 0.4) is 0 Å². The first-order valence-electron chi connectivity index (χ1n) is 4.14. The second-order valence-electron chi connectivity index (χ2n) is 2.77. The molecule has 78 valence electrons. The van der Waals surface area contributed by atoms with Gasteiger partial charge in [-0.15, -0.1) is 6.42 Å². The van der Waals surface area contributed by atoms with Gasteiger partial charge in [0, 0.05) is 12.8 Å². The van der Waals surface area contributed by atoms with E-state index in [0.717, 1.165) is 5.71 Å². The van der Waals surface area contributed by atoms with Gasteiger partial charge >= 0.3 is 6.09 Å². The van der Waals surface area contributed by atoms with E-state index >= 15 is 0 Å². The quantitative estimate of drug-likeness (QED) is 0.335. The highest BCUT2D eigenvalue weighted by Crippen LogP contribution is 2.06. The van der Waals surface area contributed by atoms with E-state index < -0.39 is 6.09 Å². The fourth-order valence-corrected chi connectivity index (χ4v) is 1.18. The molecule has 0 spiro atoms. The minimum atomic E-state index is -0.575. The molecule has 0 heterocycles. The Balaban J connectivity index is 4.19. The van der Waals surface area contributed by atoms with Gasteiger partial charge in [-0.05, 0) is 11.2 Å². The molecule has 0 fully saturated rings. The highest BCUT2D eigenvalue weighted by Gasteiger charge is 2.07. The summed E-state index contributed by atoms with van der Waals surface area (Å²) < 4.78 is 0. The van der Waals surface area contributed by atoms with Crippen LogP contribution in [0.2, 0.25) is 0 Å². The molecule has 1 amide bonds. The predicted octanol–water partition coefficient (Wildman–Crippen LogP) is 1.68. The molecular formula is C9H14N2O2S. The maximum atomic E-state index is 10.7. The summed E-state index contributed by atoms with van der Waals surface area (Å²) in [6, 6.07) is 0. The third-order valence-electron chi connectivity index (χ3n) is 1.42. The van der Waals surface area contributed by atoms with Gasteiger partial charge in [-0.3, -0.25) is 4.84 Å². The summed E-state index contributed by atoms with van der Waals surface area (Å²) in [4.78, 5) is 15.3. The third kappa shape index (κ3) is 5.49. The lowest BCUT2D eigenvalue weighted by Crippen LogP contribution is -2.19. The van der Waals surface area contributed by atoms with E-state index in [9.17, 15) is 4.79 Å². The lowest BCUT2D eigenvalue weighted by atomic mass is 10.1. The van der Waals surface area contributed by atoms with Gasteiger partial charge in [0.1, 0.15) is 0 Å². The van der Waals surface area contributed by atoms with Crippen molar-refractivity contribution in [3.63, 3.8) is 0 Å². The molecule has 0 radical (unpaired) electrons. The highest BCUT2D eigenvalue weighted by molar-refractivity contribution is 8.04. The number of thioether (sulfide) groups is 1. The number of nitrogens with one attached hydrogen (secondary N) is 1. The van der Waals surface area contributed by atoms with Crippen molar-refractivity contribution in [2.75, 3.05) is 12.8 Å². The maximum Gasteiger partial charge on any atom is 0.433 e. The van der Waals surface area contributed by atoms with Crippen LogP contribution in [0.5, 0.6) is 0 Å². The summed E-state index contributed by atoms with van der Waals surface area (Å²) in [6.45, 7) is 3.92. The molecule has 4 nitrogen and oxygen atoms in total. The van der Waals surface area contributed by atoms with E-state index in [1.165, 1.54) is 18.8 Å². The van der Waals surface area contributed by atoms with Crippen molar-refractivity contribution in [1.29, 1.82) is 0 Å². The Hall–Kier alpha value is -1.15. The molecule has 1 N–H and O–H groups in total. The Morgan fingerprint density at radius 1 is 1.71 bits per heavy atom.